The van der Waals surface area contributed by atoms with Gasteiger partial charge in [-0.2, -0.15) is 0 Å². The van der Waals surface area contributed by atoms with Crippen LogP contribution in [0.2, 0.25) is 0 Å². The number of ether oxygens (including phenoxy) is 3. The fraction of sp³-hybridized carbons (Fsp3) is 0.351. The van der Waals surface area contributed by atoms with Crippen molar-refractivity contribution in [3.63, 3.8) is 0 Å². The SMILES string of the molecule is Cc1cc(N/C(N)=C(\C=N)C(=O)c2cc3cc(OC4CCN(C(C)C)CC4)c(N4CCOCC4)cc3[nH]2)ccc1Oc1ccccc1F. The summed E-state index contributed by atoms with van der Waals surface area (Å²) in [6.45, 7) is 11.1. The lowest BCUT2D eigenvalue weighted by molar-refractivity contribution is 0.0840. The Morgan fingerprint density at radius 3 is 2.48 bits per heavy atom. The van der Waals surface area contributed by atoms with E-state index in [1.807, 2.05) is 19.1 Å². The van der Waals surface area contributed by atoms with Gasteiger partial charge in [0.05, 0.1) is 30.2 Å². The van der Waals surface area contributed by atoms with Crippen LogP contribution in [0.4, 0.5) is 15.8 Å². The summed E-state index contributed by atoms with van der Waals surface area (Å²) in [6.07, 6.45) is 2.97. The number of para-hydroxylation sites is 1. The van der Waals surface area contributed by atoms with Gasteiger partial charge in [-0.1, -0.05) is 12.1 Å². The molecule has 3 heterocycles. The van der Waals surface area contributed by atoms with Crippen LogP contribution in [0.5, 0.6) is 17.2 Å². The van der Waals surface area contributed by atoms with Crippen molar-refractivity contribution in [2.24, 2.45) is 5.73 Å². The van der Waals surface area contributed by atoms with Crippen molar-refractivity contribution in [3.8, 4) is 17.2 Å². The molecule has 0 radical (unpaired) electrons. The number of benzene rings is 3. The van der Waals surface area contributed by atoms with E-state index in [2.05, 4.69) is 33.9 Å². The molecule has 2 aliphatic rings. The summed E-state index contributed by atoms with van der Waals surface area (Å²) in [5, 5.41) is 11.9. The minimum Gasteiger partial charge on any atom is -0.488 e. The number of nitrogens with one attached hydrogen (secondary N) is 3. The monoisotopic (exact) mass is 654 g/mol. The molecule has 252 valence electrons. The molecular weight excluding hydrogens is 611 g/mol. The highest BCUT2D eigenvalue weighted by molar-refractivity contribution is 6.21. The van der Waals surface area contributed by atoms with Crippen LogP contribution < -0.4 is 25.4 Å². The number of hydrogen-bond acceptors (Lipinski definition) is 9. The van der Waals surface area contributed by atoms with E-state index in [1.54, 1.807) is 42.5 Å². The molecule has 3 aromatic carbocycles. The van der Waals surface area contributed by atoms with Gasteiger partial charge in [0.2, 0.25) is 5.78 Å². The number of Topliss-reactive ketones (excluding diaryl/α,β-unsaturated/α-hetero) is 1. The number of aromatic amines is 1. The molecule has 0 unspecified atom stereocenters. The Morgan fingerprint density at radius 2 is 1.79 bits per heavy atom. The van der Waals surface area contributed by atoms with Crippen LogP contribution in [0.3, 0.4) is 0 Å². The predicted molar refractivity (Wildman–Crippen MR) is 187 cm³/mol. The van der Waals surface area contributed by atoms with Gasteiger partial charge in [0.1, 0.15) is 23.4 Å². The summed E-state index contributed by atoms with van der Waals surface area (Å²) in [4.78, 5) is 21.7. The van der Waals surface area contributed by atoms with Gasteiger partial charge in [0.25, 0.3) is 0 Å². The summed E-state index contributed by atoms with van der Waals surface area (Å²) in [5.74, 6) is 0.558. The molecule has 0 aliphatic carbocycles. The van der Waals surface area contributed by atoms with Gasteiger partial charge in [-0.3, -0.25) is 4.79 Å². The lowest BCUT2D eigenvalue weighted by Gasteiger charge is -2.36. The number of nitrogens with two attached hydrogens (primary N) is 1. The van der Waals surface area contributed by atoms with E-state index >= 15 is 0 Å². The number of carbonyl (C=O) groups is 1. The number of hydrogen-bond donors (Lipinski definition) is 4. The van der Waals surface area contributed by atoms with Crippen LogP contribution in [-0.4, -0.2) is 73.4 Å². The molecule has 0 spiro atoms. The van der Waals surface area contributed by atoms with Gasteiger partial charge in [0.15, 0.2) is 11.6 Å². The van der Waals surface area contributed by atoms with E-state index < -0.39 is 11.6 Å². The first-order valence-electron chi connectivity index (χ1n) is 16.4. The summed E-state index contributed by atoms with van der Waals surface area (Å²) >= 11 is 0. The van der Waals surface area contributed by atoms with Gasteiger partial charge in [-0.05, 0) is 87.7 Å². The third-order valence-electron chi connectivity index (χ3n) is 8.99. The Balaban J connectivity index is 1.23. The molecule has 2 aliphatic heterocycles. The maximum Gasteiger partial charge on any atom is 0.214 e. The third-order valence-corrected chi connectivity index (χ3v) is 8.99. The summed E-state index contributed by atoms with van der Waals surface area (Å²) in [7, 11) is 0. The Morgan fingerprint density at radius 1 is 1.04 bits per heavy atom. The average molecular weight is 655 g/mol. The molecule has 2 fully saturated rings. The smallest absolute Gasteiger partial charge is 0.214 e. The number of anilines is 2. The molecule has 6 rings (SSSR count). The van der Waals surface area contributed by atoms with E-state index in [4.69, 9.17) is 25.4 Å². The van der Waals surface area contributed by atoms with Crippen LogP contribution in [-0.2, 0) is 4.74 Å². The molecule has 5 N–H and O–H groups in total. The fourth-order valence-corrected chi connectivity index (χ4v) is 6.23. The van der Waals surface area contributed by atoms with Crippen molar-refractivity contribution in [2.75, 3.05) is 49.6 Å². The van der Waals surface area contributed by atoms with Crippen LogP contribution in [0.1, 0.15) is 42.7 Å². The zero-order chi connectivity index (χ0) is 33.8. The van der Waals surface area contributed by atoms with E-state index in [-0.39, 0.29) is 23.2 Å². The molecule has 0 amide bonds. The van der Waals surface area contributed by atoms with E-state index in [0.29, 0.717) is 36.4 Å². The number of piperidine rings is 1. The first-order chi connectivity index (χ1) is 23.2. The lowest BCUT2D eigenvalue weighted by atomic mass is 10.1. The van der Waals surface area contributed by atoms with Crippen molar-refractivity contribution in [3.05, 3.63) is 89.1 Å². The number of likely N-dealkylation sites (tertiary alicyclic amines) is 1. The van der Waals surface area contributed by atoms with Gasteiger partial charge in [-0.25, -0.2) is 4.39 Å². The van der Waals surface area contributed by atoms with Gasteiger partial charge < -0.3 is 45.5 Å². The Kier molecular flexibility index (Phi) is 9.98. The number of aromatic nitrogens is 1. The molecule has 48 heavy (non-hydrogen) atoms. The van der Waals surface area contributed by atoms with E-state index in [0.717, 1.165) is 73.1 Å². The number of aryl methyl sites for hydroxylation is 1. The maximum absolute atomic E-state index is 14.1. The molecule has 11 heteroatoms. The number of morpholine rings is 1. The number of allylic oxidation sites excluding steroid dienone is 1. The minimum atomic E-state index is -0.458. The summed E-state index contributed by atoms with van der Waals surface area (Å²) in [6, 6.07) is 17.7. The van der Waals surface area contributed by atoms with Crippen molar-refractivity contribution < 1.29 is 23.4 Å². The standard InChI is InChI=1S/C37H43FN6O4/c1-23(2)43-12-10-27(11-13-43)47-35-20-25-19-31(42-30(25)21-32(35)44-14-16-46-17-15-44)36(45)28(22-39)37(40)41-26-8-9-33(24(3)18-26)48-34-7-5-4-6-29(34)38/h4-9,18-23,27,39,41-42H,10-17,40H2,1-3H3/b37-28+,39-22?. The molecular formula is C37H43FN6O4. The average Bonchev–Trinajstić information content (AvgIpc) is 3.50. The van der Waals surface area contributed by atoms with Crippen LogP contribution in [0.15, 0.2) is 72.1 Å². The lowest BCUT2D eigenvalue weighted by Crippen LogP contribution is -2.42. The molecule has 0 atom stereocenters. The zero-order valence-electron chi connectivity index (χ0n) is 27.6. The second kappa shape index (κ2) is 14.5. The first kappa shape index (κ1) is 33.0. The largest absolute Gasteiger partial charge is 0.488 e. The number of ketones is 1. The van der Waals surface area contributed by atoms with Gasteiger partial charge >= 0.3 is 0 Å². The van der Waals surface area contributed by atoms with Gasteiger partial charge in [-0.15, -0.1) is 0 Å². The number of nitrogens with zero attached hydrogens (tertiary/aromatic N) is 2. The van der Waals surface area contributed by atoms with Crippen molar-refractivity contribution in [1.29, 1.82) is 5.41 Å². The summed E-state index contributed by atoms with van der Waals surface area (Å²) in [5.41, 5.74) is 9.76. The summed E-state index contributed by atoms with van der Waals surface area (Å²) < 4.78 is 32.1. The molecule has 0 saturated carbocycles. The molecule has 4 aromatic rings. The Hall–Kier alpha value is -4.87. The van der Waals surface area contributed by atoms with Crippen LogP contribution in [0, 0.1) is 18.2 Å². The van der Waals surface area contributed by atoms with Gasteiger partial charge in [0, 0.05) is 55.0 Å². The first-order valence-corrected chi connectivity index (χ1v) is 16.4. The quantitative estimate of drug-likeness (QED) is 0.0808. The Bertz CT molecular complexity index is 1820. The molecule has 10 nitrogen and oxygen atoms in total. The van der Waals surface area contributed by atoms with Crippen molar-refractivity contribution in [1.82, 2.24) is 9.88 Å². The highest BCUT2D eigenvalue weighted by Gasteiger charge is 2.26. The van der Waals surface area contributed by atoms with Crippen LogP contribution >= 0.6 is 0 Å². The van der Waals surface area contributed by atoms with E-state index in [9.17, 15) is 9.18 Å². The maximum atomic E-state index is 14.1. The number of H-pyrrole nitrogens is 1. The fourth-order valence-electron chi connectivity index (χ4n) is 6.23. The molecule has 1 aromatic heterocycles. The topological polar surface area (TPSA) is 129 Å². The Labute approximate surface area is 280 Å². The minimum absolute atomic E-state index is 0.00711. The van der Waals surface area contributed by atoms with E-state index in [1.165, 1.54) is 6.07 Å². The highest BCUT2D eigenvalue weighted by Crippen LogP contribution is 2.36. The molecule has 0 bridgehead atoms. The number of fused-ring (bicyclic) bond motifs is 1. The second-order valence-electron chi connectivity index (χ2n) is 12.6. The highest BCUT2D eigenvalue weighted by atomic mass is 19.1. The second-order valence-corrected chi connectivity index (χ2v) is 12.6. The predicted octanol–water partition coefficient (Wildman–Crippen LogP) is 6.61. The zero-order valence-corrected chi connectivity index (χ0v) is 27.6. The molecule has 2 saturated heterocycles. The third kappa shape index (κ3) is 7.32. The number of halogens is 1. The number of carbonyl (C=O) groups excluding carboxylic acids is 1. The van der Waals surface area contributed by atoms with Crippen molar-refractivity contribution >= 4 is 34.3 Å². The number of rotatable bonds is 11. The normalized spacial score (nSPS) is 16.6. The van der Waals surface area contributed by atoms with Crippen molar-refractivity contribution in [2.45, 2.75) is 45.8 Å². The van der Waals surface area contributed by atoms with Crippen LogP contribution in [0.25, 0.3) is 10.9 Å².